The van der Waals surface area contributed by atoms with Crippen LogP contribution in [0.1, 0.15) is 85.9 Å². The fourth-order valence-electron chi connectivity index (χ4n) is 3.55. The molecule has 0 aromatic heterocycles. The van der Waals surface area contributed by atoms with Crippen LogP contribution in [0.25, 0.3) is 5.57 Å². The van der Waals surface area contributed by atoms with Crippen molar-refractivity contribution < 1.29 is 61.6 Å². The van der Waals surface area contributed by atoms with Crippen LogP contribution in [0.4, 0.5) is 0 Å². The second-order valence-corrected chi connectivity index (χ2v) is 13.3. The first-order valence-electron chi connectivity index (χ1n) is 8.98. The molecule has 0 spiro atoms. The van der Waals surface area contributed by atoms with Crippen molar-refractivity contribution >= 4 is 5.57 Å². The third-order valence-corrected chi connectivity index (χ3v) is 7.95. The van der Waals surface area contributed by atoms with Crippen LogP contribution in [0.2, 0.25) is 3.17 Å². The molecule has 0 radical (unpaired) electrons. The topological polar surface area (TPSA) is 0 Å². The second-order valence-electron chi connectivity index (χ2n) is 9.67. The van der Waals surface area contributed by atoms with E-state index in [-0.39, 0.29) is 51.2 Å². The van der Waals surface area contributed by atoms with Crippen molar-refractivity contribution in [2.45, 2.75) is 83.2 Å². The Morgan fingerprint density at radius 2 is 1.07 bits per heavy atom. The Morgan fingerprint density at radius 1 is 0.704 bits per heavy atom. The van der Waals surface area contributed by atoms with Crippen LogP contribution in [0, 0.1) is 0 Å². The summed E-state index contributed by atoms with van der Waals surface area (Å²) in [6.45, 7) is 23.3. The number of allylic oxidation sites excluding steroid dienone is 4. The van der Waals surface area contributed by atoms with E-state index >= 15 is 0 Å². The summed E-state index contributed by atoms with van der Waals surface area (Å²) in [7, 11) is 0. The van der Waals surface area contributed by atoms with Gasteiger partial charge in [-0.25, -0.2) is 0 Å². The van der Waals surface area contributed by atoms with Gasteiger partial charge in [-0.2, -0.15) is 0 Å². The monoisotopic (exact) mass is 594 g/mol. The van der Waals surface area contributed by atoms with Crippen LogP contribution in [0.5, 0.6) is 0 Å². The van der Waals surface area contributed by atoms with Gasteiger partial charge in [-0.3, -0.25) is 0 Å². The molecule has 0 N–H and O–H groups in total. The second kappa shape index (κ2) is 9.50. The summed E-state index contributed by atoms with van der Waals surface area (Å²) in [6.07, 6.45) is 0. The molecule has 0 fully saturated rings. The summed E-state index contributed by atoms with van der Waals surface area (Å²) >= 11 is 1.15. The summed E-state index contributed by atoms with van der Waals surface area (Å²) in [5, 5.41) is 0. The third kappa shape index (κ3) is 5.74. The molecule has 0 amide bonds. The van der Waals surface area contributed by atoms with Gasteiger partial charge in [-0.05, 0) is 0 Å². The standard InChI is InChI=1S/C23H33.3ClH.Hf/c1-14-15(2)17(4)21(16(14)3)18-11-19(22(5,6)7)13-20(12-18)23(8,9)10;;;;/h11-13H,1-10H3;3*1H;/q;;;;+3/p-3. The molecule has 150 valence electrons. The smallest absolute Gasteiger partial charge is 1.00 e. The maximum Gasteiger partial charge on any atom is -1.00 e. The van der Waals surface area contributed by atoms with E-state index in [4.69, 9.17) is 0 Å². The molecule has 0 bridgehead atoms. The zero-order valence-corrected chi connectivity index (χ0v) is 24.2. The Morgan fingerprint density at radius 3 is 1.33 bits per heavy atom. The Bertz CT molecular complexity index is 710. The minimum Gasteiger partial charge on any atom is -1.00 e. The van der Waals surface area contributed by atoms with Crippen molar-refractivity contribution in [2.75, 3.05) is 0 Å². The van der Waals surface area contributed by atoms with E-state index in [0.717, 1.165) is 24.4 Å². The molecule has 1 unspecified atom stereocenters. The maximum atomic E-state index is 2.45. The molecule has 2 rings (SSSR count). The average molecular weight is 594 g/mol. The first-order chi connectivity index (χ1) is 10.7. The summed E-state index contributed by atoms with van der Waals surface area (Å²) in [5.41, 5.74) is 10.8. The molecule has 0 aliphatic heterocycles. The summed E-state index contributed by atoms with van der Waals surface area (Å²) < 4.78 is 0.250. The van der Waals surface area contributed by atoms with Gasteiger partial charge < -0.3 is 37.2 Å². The summed E-state index contributed by atoms with van der Waals surface area (Å²) in [5.74, 6) is 0. The molecular formula is C23H33Cl3Hf. The molecule has 1 aromatic carbocycles. The molecule has 0 saturated carbocycles. The minimum atomic E-state index is 0. The van der Waals surface area contributed by atoms with Crippen LogP contribution < -0.4 is 37.2 Å². The fraction of sp³-hybridized carbons (Fsp3) is 0.565. The fourth-order valence-corrected chi connectivity index (χ4v) is 5.42. The maximum absolute atomic E-state index is 2.45. The van der Waals surface area contributed by atoms with Gasteiger partial charge in [0.1, 0.15) is 0 Å². The number of hydrogen-bond donors (Lipinski definition) is 0. The van der Waals surface area contributed by atoms with E-state index in [1.165, 1.54) is 27.8 Å². The summed E-state index contributed by atoms with van der Waals surface area (Å²) in [6, 6.07) is 7.33. The van der Waals surface area contributed by atoms with E-state index in [1.54, 1.807) is 11.1 Å². The van der Waals surface area contributed by atoms with Crippen molar-refractivity contribution in [2.24, 2.45) is 0 Å². The van der Waals surface area contributed by atoms with E-state index in [2.05, 4.69) is 87.4 Å². The predicted octanol–water partition coefficient (Wildman–Crippen LogP) is -1.86. The zero-order valence-electron chi connectivity index (χ0n) is 18.4. The summed E-state index contributed by atoms with van der Waals surface area (Å²) in [4.78, 5) is 0. The van der Waals surface area contributed by atoms with Crippen LogP contribution >= 0.6 is 0 Å². The normalized spacial score (nSPS) is 20.1. The number of benzene rings is 1. The molecular weight excluding hydrogens is 561 g/mol. The third-order valence-electron chi connectivity index (χ3n) is 5.70. The molecule has 4 heteroatoms. The van der Waals surface area contributed by atoms with Crippen molar-refractivity contribution in [3.05, 3.63) is 51.6 Å². The van der Waals surface area contributed by atoms with Crippen molar-refractivity contribution in [3.63, 3.8) is 0 Å². The number of rotatable bonds is 1. The van der Waals surface area contributed by atoms with Gasteiger partial charge >= 0.3 is 165 Å². The SMILES string of the molecule is CC1=C(C)[C](C)([Hf+3])C(c2cc(C(C)(C)C)cc(C(C)(C)C)c2)=C1C.[Cl-].[Cl-].[Cl-]. The Hall–Kier alpha value is 0.440. The number of hydrogen-bond acceptors (Lipinski definition) is 0. The Kier molecular flexibility index (Phi) is 10.4. The molecule has 27 heavy (non-hydrogen) atoms. The van der Waals surface area contributed by atoms with Gasteiger partial charge in [0, 0.05) is 0 Å². The van der Waals surface area contributed by atoms with Crippen molar-refractivity contribution in [3.8, 4) is 0 Å². The molecule has 0 saturated heterocycles. The molecule has 1 aliphatic rings. The van der Waals surface area contributed by atoms with Gasteiger partial charge in [0.05, 0.1) is 0 Å². The Balaban J connectivity index is 0. The predicted molar refractivity (Wildman–Crippen MR) is 103 cm³/mol. The van der Waals surface area contributed by atoms with Gasteiger partial charge in [-0.1, -0.05) is 0 Å². The van der Waals surface area contributed by atoms with Crippen LogP contribution in [-0.2, 0) is 35.2 Å². The van der Waals surface area contributed by atoms with Crippen LogP contribution in [-0.4, -0.2) is 0 Å². The van der Waals surface area contributed by atoms with Crippen LogP contribution in [0.3, 0.4) is 0 Å². The molecule has 1 atom stereocenters. The van der Waals surface area contributed by atoms with E-state index in [1.807, 2.05) is 0 Å². The average Bonchev–Trinajstić information content (AvgIpc) is 2.57. The zero-order chi connectivity index (χ0) is 18.7. The molecule has 1 aromatic rings. The minimum absolute atomic E-state index is 0. The molecule has 0 nitrogen and oxygen atoms in total. The largest absolute Gasteiger partial charge is 1.00 e. The van der Waals surface area contributed by atoms with Gasteiger partial charge in [0.25, 0.3) is 0 Å². The van der Waals surface area contributed by atoms with Crippen LogP contribution in [0.15, 0.2) is 34.9 Å². The van der Waals surface area contributed by atoms with E-state index < -0.39 is 0 Å². The first kappa shape index (κ1) is 29.6. The molecule has 0 heterocycles. The first-order valence-corrected chi connectivity index (χ1v) is 10.8. The van der Waals surface area contributed by atoms with Crippen molar-refractivity contribution in [1.29, 1.82) is 0 Å². The van der Waals surface area contributed by atoms with Crippen molar-refractivity contribution in [1.82, 2.24) is 0 Å². The van der Waals surface area contributed by atoms with Gasteiger partial charge in [-0.15, -0.1) is 0 Å². The number of halogens is 3. The van der Waals surface area contributed by atoms with Gasteiger partial charge in [0.15, 0.2) is 0 Å². The quantitative estimate of drug-likeness (QED) is 0.335. The van der Waals surface area contributed by atoms with E-state index in [0.29, 0.717) is 0 Å². The molecule has 1 aliphatic carbocycles. The Labute approximate surface area is 200 Å². The van der Waals surface area contributed by atoms with E-state index in [9.17, 15) is 0 Å². The van der Waals surface area contributed by atoms with Gasteiger partial charge in [0.2, 0.25) is 0 Å².